The first-order chi connectivity index (χ1) is 9.51. The van der Waals surface area contributed by atoms with E-state index in [1.807, 2.05) is 33.0 Å². The molecule has 2 rings (SSSR count). The molecule has 4 nitrogen and oxygen atoms in total. The number of hydrogen-bond donors (Lipinski definition) is 1. The zero-order valence-corrected chi connectivity index (χ0v) is 12.7. The highest BCUT2D eigenvalue weighted by atomic mass is 16.5. The second-order valence-electron chi connectivity index (χ2n) is 5.13. The molecule has 0 aliphatic rings. The minimum atomic E-state index is 0.472. The van der Waals surface area contributed by atoms with E-state index in [2.05, 4.69) is 41.3 Å². The van der Waals surface area contributed by atoms with Crippen molar-refractivity contribution in [3.63, 3.8) is 0 Å². The van der Waals surface area contributed by atoms with Gasteiger partial charge in [-0.2, -0.15) is 4.98 Å². The third kappa shape index (κ3) is 3.07. The van der Waals surface area contributed by atoms with Gasteiger partial charge in [0, 0.05) is 7.05 Å². The Morgan fingerprint density at radius 1 is 1.15 bits per heavy atom. The monoisotopic (exact) mass is 271 g/mol. The third-order valence-electron chi connectivity index (χ3n) is 3.19. The number of aryl methyl sites for hydroxylation is 1. The van der Waals surface area contributed by atoms with Gasteiger partial charge in [-0.05, 0) is 37.5 Å². The molecule has 1 N–H and O–H groups in total. The van der Waals surface area contributed by atoms with Crippen molar-refractivity contribution in [2.45, 2.75) is 33.6 Å². The van der Waals surface area contributed by atoms with E-state index in [4.69, 9.17) is 4.74 Å². The van der Waals surface area contributed by atoms with Crippen LogP contribution < -0.4 is 10.1 Å². The minimum Gasteiger partial charge on any atom is -0.439 e. The number of aromatic nitrogens is 2. The van der Waals surface area contributed by atoms with Gasteiger partial charge in [-0.25, -0.2) is 4.98 Å². The van der Waals surface area contributed by atoms with Crippen molar-refractivity contribution >= 4 is 5.82 Å². The normalized spacial score (nSPS) is 10.7. The number of hydrogen-bond acceptors (Lipinski definition) is 4. The molecule has 0 spiro atoms. The average Bonchev–Trinajstić information content (AvgIpc) is 2.42. The maximum atomic E-state index is 5.93. The van der Waals surface area contributed by atoms with Crippen LogP contribution in [-0.4, -0.2) is 17.0 Å². The Labute approximate surface area is 120 Å². The van der Waals surface area contributed by atoms with Crippen molar-refractivity contribution < 1.29 is 4.74 Å². The molecule has 0 fully saturated rings. The summed E-state index contributed by atoms with van der Waals surface area (Å²) in [6.07, 6.45) is 0. The Balaban J connectivity index is 2.35. The molecular weight excluding hydrogens is 250 g/mol. The summed E-state index contributed by atoms with van der Waals surface area (Å²) in [5.41, 5.74) is 2.16. The Bertz CT molecular complexity index is 609. The molecule has 1 heterocycles. The Hall–Kier alpha value is -2.10. The summed E-state index contributed by atoms with van der Waals surface area (Å²) >= 11 is 0. The Morgan fingerprint density at radius 3 is 2.55 bits per heavy atom. The summed E-state index contributed by atoms with van der Waals surface area (Å²) < 4.78 is 5.93. The van der Waals surface area contributed by atoms with Crippen molar-refractivity contribution in [2.24, 2.45) is 0 Å². The number of anilines is 1. The lowest BCUT2D eigenvalue weighted by Crippen LogP contribution is -2.03. The number of nitrogens with zero attached hydrogens (tertiary/aromatic N) is 2. The van der Waals surface area contributed by atoms with Crippen LogP contribution in [0.4, 0.5) is 5.82 Å². The van der Waals surface area contributed by atoms with Gasteiger partial charge < -0.3 is 10.1 Å². The molecule has 20 heavy (non-hydrogen) atoms. The van der Waals surface area contributed by atoms with E-state index in [0.717, 1.165) is 17.1 Å². The van der Waals surface area contributed by atoms with E-state index < -0.39 is 0 Å². The highest BCUT2D eigenvalue weighted by molar-refractivity contribution is 5.49. The van der Waals surface area contributed by atoms with Crippen LogP contribution in [0.1, 0.15) is 36.7 Å². The van der Waals surface area contributed by atoms with E-state index in [1.165, 1.54) is 5.56 Å². The Morgan fingerprint density at radius 2 is 1.90 bits per heavy atom. The van der Waals surface area contributed by atoms with Crippen molar-refractivity contribution in [1.29, 1.82) is 0 Å². The third-order valence-corrected chi connectivity index (χ3v) is 3.19. The summed E-state index contributed by atoms with van der Waals surface area (Å²) in [4.78, 5) is 8.71. The fraction of sp³-hybridized carbons (Fsp3) is 0.375. The van der Waals surface area contributed by atoms with Crippen LogP contribution in [0.25, 0.3) is 0 Å². The second-order valence-corrected chi connectivity index (χ2v) is 5.13. The minimum absolute atomic E-state index is 0.472. The fourth-order valence-electron chi connectivity index (χ4n) is 1.99. The molecular formula is C16H21N3O. The van der Waals surface area contributed by atoms with E-state index in [-0.39, 0.29) is 0 Å². The van der Waals surface area contributed by atoms with Crippen LogP contribution in [0, 0.1) is 13.8 Å². The molecule has 0 bridgehead atoms. The van der Waals surface area contributed by atoms with E-state index in [0.29, 0.717) is 17.6 Å². The van der Waals surface area contributed by atoms with Crippen LogP contribution in [0.2, 0.25) is 0 Å². The Kier molecular flexibility index (Phi) is 4.23. The van der Waals surface area contributed by atoms with Crippen LogP contribution >= 0.6 is 0 Å². The second kappa shape index (κ2) is 5.90. The predicted molar refractivity (Wildman–Crippen MR) is 81.7 cm³/mol. The first-order valence-corrected chi connectivity index (χ1v) is 6.82. The van der Waals surface area contributed by atoms with Crippen molar-refractivity contribution in [3.8, 4) is 11.6 Å². The highest BCUT2D eigenvalue weighted by Gasteiger charge is 2.11. The molecule has 0 radical (unpaired) electrons. The predicted octanol–water partition coefficient (Wildman–Crippen LogP) is 4.05. The summed E-state index contributed by atoms with van der Waals surface area (Å²) in [6.45, 7) is 8.14. The molecule has 106 valence electrons. The first kappa shape index (κ1) is 14.3. The summed E-state index contributed by atoms with van der Waals surface area (Å²) in [7, 11) is 1.85. The van der Waals surface area contributed by atoms with Gasteiger partial charge in [-0.1, -0.05) is 26.0 Å². The van der Waals surface area contributed by atoms with Crippen molar-refractivity contribution in [3.05, 3.63) is 41.2 Å². The maximum absolute atomic E-state index is 5.93. The standard InChI is InChI=1S/C16H21N3O/c1-10(2)13-7-6-8-14(9-13)20-16-11(3)15(17-5)18-12(4)19-16/h6-10H,1-5H3,(H,17,18,19). The van der Waals surface area contributed by atoms with Gasteiger partial charge >= 0.3 is 0 Å². The van der Waals surface area contributed by atoms with Gasteiger partial charge in [0.2, 0.25) is 5.88 Å². The number of benzene rings is 1. The first-order valence-electron chi connectivity index (χ1n) is 6.82. The lowest BCUT2D eigenvalue weighted by Gasteiger charge is -2.13. The number of rotatable bonds is 4. The van der Waals surface area contributed by atoms with E-state index in [9.17, 15) is 0 Å². The molecule has 0 amide bonds. The van der Waals surface area contributed by atoms with Gasteiger partial charge in [0.1, 0.15) is 17.4 Å². The van der Waals surface area contributed by atoms with Crippen molar-refractivity contribution in [1.82, 2.24) is 9.97 Å². The maximum Gasteiger partial charge on any atom is 0.227 e. The van der Waals surface area contributed by atoms with Crippen LogP contribution in [0.5, 0.6) is 11.6 Å². The van der Waals surface area contributed by atoms with E-state index in [1.54, 1.807) is 0 Å². The lowest BCUT2D eigenvalue weighted by atomic mass is 10.0. The summed E-state index contributed by atoms with van der Waals surface area (Å²) in [6, 6.07) is 8.12. The van der Waals surface area contributed by atoms with Crippen LogP contribution in [0.3, 0.4) is 0 Å². The molecule has 4 heteroatoms. The van der Waals surface area contributed by atoms with Crippen molar-refractivity contribution in [2.75, 3.05) is 12.4 Å². The molecule has 1 aromatic heterocycles. The van der Waals surface area contributed by atoms with Gasteiger partial charge in [0.15, 0.2) is 0 Å². The van der Waals surface area contributed by atoms with Gasteiger partial charge in [0.25, 0.3) is 0 Å². The number of ether oxygens (including phenoxy) is 1. The quantitative estimate of drug-likeness (QED) is 0.911. The summed E-state index contributed by atoms with van der Waals surface area (Å²) in [5, 5.41) is 3.06. The lowest BCUT2D eigenvalue weighted by molar-refractivity contribution is 0.455. The van der Waals surface area contributed by atoms with E-state index >= 15 is 0 Å². The molecule has 2 aromatic rings. The van der Waals surface area contributed by atoms with Gasteiger partial charge in [-0.3, -0.25) is 0 Å². The van der Waals surface area contributed by atoms with Crippen LogP contribution in [-0.2, 0) is 0 Å². The molecule has 0 atom stereocenters. The SMILES string of the molecule is CNc1nc(C)nc(Oc2cccc(C(C)C)c2)c1C. The summed E-state index contributed by atoms with van der Waals surface area (Å²) in [5.74, 6) is 3.37. The molecule has 0 aliphatic heterocycles. The molecule has 0 aliphatic carbocycles. The smallest absolute Gasteiger partial charge is 0.227 e. The zero-order chi connectivity index (χ0) is 14.7. The number of nitrogens with one attached hydrogen (secondary N) is 1. The molecule has 1 aromatic carbocycles. The average molecular weight is 271 g/mol. The van der Waals surface area contributed by atoms with Gasteiger partial charge in [0.05, 0.1) is 5.56 Å². The zero-order valence-electron chi connectivity index (χ0n) is 12.7. The fourth-order valence-corrected chi connectivity index (χ4v) is 1.99. The topological polar surface area (TPSA) is 47.0 Å². The molecule has 0 unspecified atom stereocenters. The molecule has 0 saturated heterocycles. The molecule has 0 saturated carbocycles. The van der Waals surface area contributed by atoms with Crippen LogP contribution in [0.15, 0.2) is 24.3 Å². The largest absolute Gasteiger partial charge is 0.439 e. The van der Waals surface area contributed by atoms with Gasteiger partial charge in [-0.15, -0.1) is 0 Å². The highest BCUT2D eigenvalue weighted by Crippen LogP contribution is 2.28.